The van der Waals surface area contributed by atoms with Crippen LogP contribution in [-0.4, -0.2) is 21.9 Å². The van der Waals surface area contributed by atoms with E-state index in [2.05, 4.69) is 10.1 Å². The molecule has 4 nitrogen and oxygen atoms in total. The molecular formula is C11H12FN3O. The van der Waals surface area contributed by atoms with E-state index in [0.29, 0.717) is 11.7 Å². The Hall–Kier alpha value is -1.91. The Labute approximate surface area is 92.7 Å². The Morgan fingerprint density at radius 2 is 2.19 bits per heavy atom. The number of halogens is 1. The first-order valence-corrected chi connectivity index (χ1v) is 4.99. The van der Waals surface area contributed by atoms with Crippen molar-refractivity contribution in [1.29, 1.82) is 0 Å². The van der Waals surface area contributed by atoms with Gasteiger partial charge in [-0.2, -0.15) is 9.78 Å². The summed E-state index contributed by atoms with van der Waals surface area (Å²) in [6.45, 7) is 2.02. The lowest BCUT2D eigenvalue weighted by atomic mass is 10.3. The summed E-state index contributed by atoms with van der Waals surface area (Å²) in [4.78, 5) is 3.95. The van der Waals surface area contributed by atoms with Crippen molar-refractivity contribution < 1.29 is 9.13 Å². The van der Waals surface area contributed by atoms with Gasteiger partial charge in [-0.25, -0.2) is 9.37 Å². The average molecular weight is 221 g/mol. The molecule has 0 atom stereocenters. The van der Waals surface area contributed by atoms with Crippen LogP contribution in [0.1, 0.15) is 12.5 Å². The molecule has 84 valence electrons. The van der Waals surface area contributed by atoms with Gasteiger partial charge >= 0.3 is 0 Å². The molecule has 2 aromatic heterocycles. The number of hydrogen-bond donors (Lipinski definition) is 0. The first-order valence-electron chi connectivity index (χ1n) is 4.99. The maximum atomic E-state index is 12.7. The summed E-state index contributed by atoms with van der Waals surface area (Å²) >= 11 is 0. The fourth-order valence-electron chi connectivity index (χ4n) is 1.49. The van der Waals surface area contributed by atoms with Crippen LogP contribution in [0.25, 0.3) is 5.82 Å². The van der Waals surface area contributed by atoms with Crippen LogP contribution in [0.15, 0.2) is 24.5 Å². The molecule has 16 heavy (non-hydrogen) atoms. The van der Waals surface area contributed by atoms with Gasteiger partial charge in [0.2, 0.25) is 5.88 Å². The molecule has 0 amide bonds. The lowest BCUT2D eigenvalue weighted by molar-refractivity contribution is 0.378. The van der Waals surface area contributed by atoms with Crippen molar-refractivity contribution in [2.45, 2.75) is 13.3 Å². The molecule has 0 unspecified atom stereocenters. The topological polar surface area (TPSA) is 39.9 Å². The summed E-state index contributed by atoms with van der Waals surface area (Å²) in [5, 5.41) is 4.16. The highest BCUT2D eigenvalue weighted by Crippen LogP contribution is 2.21. The molecule has 0 N–H and O–H groups in total. The SMILES string of the molecule is CCc1cnn(-c2ccc(F)cn2)c1OC. The van der Waals surface area contributed by atoms with E-state index in [1.165, 1.54) is 6.07 Å². The maximum Gasteiger partial charge on any atom is 0.221 e. The minimum Gasteiger partial charge on any atom is -0.481 e. The molecule has 0 aromatic carbocycles. The molecule has 0 bridgehead atoms. The van der Waals surface area contributed by atoms with Gasteiger partial charge in [0.25, 0.3) is 0 Å². The molecule has 0 aliphatic rings. The Bertz CT molecular complexity index is 478. The standard InChI is InChI=1S/C11H12FN3O/c1-3-8-6-14-15(11(8)16-2)10-5-4-9(12)7-13-10/h4-7H,3H2,1-2H3. The molecule has 0 saturated heterocycles. The van der Waals surface area contributed by atoms with Gasteiger partial charge in [-0.05, 0) is 18.6 Å². The molecule has 2 rings (SSSR count). The number of ether oxygens (including phenoxy) is 1. The van der Waals surface area contributed by atoms with Gasteiger partial charge in [-0.3, -0.25) is 0 Å². The van der Waals surface area contributed by atoms with Gasteiger partial charge in [0.15, 0.2) is 5.82 Å². The van der Waals surface area contributed by atoms with E-state index in [1.54, 1.807) is 24.1 Å². The normalized spacial score (nSPS) is 10.4. The van der Waals surface area contributed by atoms with Crippen molar-refractivity contribution in [2.75, 3.05) is 7.11 Å². The molecule has 0 saturated carbocycles. The maximum absolute atomic E-state index is 12.7. The number of methoxy groups -OCH3 is 1. The van der Waals surface area contributed by atoms with E-state index in [0.717, 1.165) is 18.2 Å². The van der Waals surface area contributed by atoms with E-state index >= 15 is 0 Å². The summed E-state index contributed by atoms with van der Waals surface area (Å²) in [7, 11) is 1.58. The number of rotatable bonds is 3. The molecule has 5 heteroatoms. The van der Waals surface area contributed by atoms with Gasteiger partial charge in [-0.15, -0.1) is 0 Å². The summed E-state index contributed by atoms with van der Waals surface area (Å²) in [6, 6.07) is 2.90. The summed E-state index contributed by atoms with van der Waals surface area (Å²) < 4.78 is 19.5. The quantitative estimate of drug-likeness (QED) is 0.795. The van der Waals surface area contributed by atoms with Crippen LogP contribution in [0, 0.1) is 5.82 Å². The second-order valence-corrected chi connectivity index (χ2v) is 3.28. The zero-order valence-corrected chi connectivity index (χ0v) is 9.14. The van der Waals surface area contributed by atoms with Crippen molar-refractivity contribution in [2.24, 2.45) is 0 Å². The minimum atomic E-state index is -0.370. The Balaban J connectivity index is 2.47. The number of nitrogens with zero attached hydrogens (tertiary/aromatic N) is 3. The first-order chi connectivity index (χ1) is 7.76. The predicted octanol–water partition coefficient (Wildman–Crippen LogP) is 1.98. The molecule has 2 heterocycles. The largest absolute Gasteiger partial charge is 0.481 e. The third-order valence-corrected chi connectivity index (χ3v) is 2.30. The number of aryl methyl sites for hydroxylation is 1. The monoisotopic (exact) mass is 221 g/mol. The summed E-state index contributed by atoms with van der Waals surface area (Å²) in [5.74, 6) is 0.810. The lowest BCUT2D eigenvalue weighted by Gasteiger charge is -2.06. The van der Waals surface area contributed by atoms with E-state index in [9.17, 15) is 4.39 Å². The molecule has 0 aliphatic heterocycles. The van der Waals surface area contributed by atoms with Crippen molar-refractivity contribution in [3.63, 3.8) is 0 Å². The third-order valence-electron chi connectivity index (χ3n) is 2.30. The molecule has 2 aromatic rings. The summed E-state index contributed by atoms with van der Waals surface area (Å²) in [6.07, 6.45) is 3.70. The van der Waals surface area contributed by atoms with Gasteiger partial charge in [-0.1, -0.05) is 6.92 Å². The van der Waals surface area contributed by atoms with E-state index in [1.807, 2.05) is 6.92 Å². The van der Waals surface area contributed by atoms with E-state index < -0.39 is 0 Å². The highest BCUT2D eigenvalue weighted by molar-refractivity contribution is 5.33. The summed E-state index contributed by atoms with van der Waals surface area (Å²) in [5.41, 5.74) is 0.994. The van der Waals surface area contributed by atoms with Crippen molar-refractivity contribution in [3.8, 4) is 11.7 Å². The van der Waals surface area contributed by atoms with Crippen LogP contribution in [0.3, 0.4) is 0 Å². The van der Waals surface area contributed by atoms with Gasteiger partial charge in [0.05, 0.1) is 19.5 Å². The second-order valence-electron chi connectivity index (χ2n) is 3.28. The zero-order chi connectivity index (χ0) is 11.5. The minimum absolute atomic E-state index is 0.370. The Kier molecular flexibility index (Phi) is 2.85. The van der Waals surface area contributed by atoms with Crippen molar-refractivity contribution in [1.82, 2.24) is 14.8 Å². The van der Waals surface area contributed by atoms with Crippen LogP contribution in [0.5, 0.6) is 5.88 Å². The van der Waals surface area contributed by atoms with Gasteiger partial charge in [0, 0.05) is 5.56 Å². The molecule has 0 fully saturated rings. The van der Waals surface area contributed by atoms with Crippen molar-refractivity contribution >= 4 is 0 Å². The third kappa shape index (κ3) is 1.76. The first kappa shape index (κ1) is 10.6. The second kappa shape index (κ2) is 4.30. The van der Waals surface area contributed by atoms with Crippen LogP contribution in [0.2, 0.25) is 0 Å². The highest BCUT2D eigenvalue weighted by Gasteiger charge is 2.11. The Morgan fingerprint density at radius 1 is 1.38 bits per heavy atom. The van der Waals surface area contributed by atoms with Gasteiger partial charge < -0.3 is 4.74 Å². The fraction of sp³-hybridized carbons (Fsp3) is 0.273. The van der Waals surface area contributed by atoms with E-state index in [4.69, 9.17) is 4.74 Å². The highest BCUT2D eigenvalue weighted by atomic mass is 19.1. The molecule has 0 radical (unpaired) electrons. The van der Waals surface area contributed by atoms with Crippen LogP contribution in [0.4, 0.5) is 4.39 Å². The molecular weight excluding hydrogens is 209 g/mol. The van der Waals surface area contributed by atoms with Crippen LogP contribution >= 0.6 is 0 Å². The smallest absolute Gasteiger partial charge is 0.221 e. The fourth-order valence-corrected chi connectivity index (χ4v) is 1.49. The zero-order valence-electron chi connectivity index (χ0n) is 9.14. The van der Waals surface area contributed by atoms with Crippen molar-refractivity contribution in [3.05, 3.63) is 35.9 Å². The molecule has 0 spiro atoms. The molecule has 0 aliphatic carbocycles. The number of aromatic nitrogens is 3. The van der Waals surface area contributed by atoms with Crippen LogP contribution < -0.4 is 4.74 Å². The van der Waals surface area contributed by atoms with E-state index in [-0.39, 0.29) is 5.82 Å². The number of pyridine rings is 1. The number of hydrogen-bond acceptors (Lipinski definition) is 3. The average Bonchev–Trinajstić information content (AvgIpc) is 2.72. The lowest BCUT2D eigenvalue weighted by Crippen LogP contribution is -2.02. The predicted molar refractivity (Wildman–Crippen MR) is 57.2 cm³/mol. The Morgan fingerprint density at radius 3 is 2.75 bits per heavy atom. The van der Waals surface area contributed by atoms with Gasteiger partial charge in [0.1, 0.15) is 5.82 Å². The van der Waals surface area contributed by atoms with Crippen LogP contribution in [-0.2, 0) is 6.42 Å².